The standard InChI is InChI=1S/C27H32N2O/c1-22(2)18-26(19-28-25-14-16-27(30-3)17-15-25)29(20-23-10-6-4-7-11-23)21-24-12-8-5-9-13-24/h4-17,19,22,26H,18,20-21H2,1-3H3/t26-/m0/s1. The van der Waals surface area contributed by atoms with Gasteiger partial charge in [-0.3, -0.25) is 9.89 Å². The van der Waals surface area contributed by atoms with Gasteiger partial charge in [-0.05, 0) is 47.7 Å². The molecule has 0 bridgehead atoms. The Labute approximate surface area is 181 Å². The molecule has 0 saturated heterocycles. The van der Waals surface area contributed by atoms with Crippen molar-refractivity contribution >= 4 is 11.9 Å². The molecule has 3 heteroatoms. The van der Waals surface area contributed by atoms with E-state index in [1.807, 2.05) is 24.3 Å². The van der Waals surface area contributed by atoms with E-state index in [1.54, 1.807) is 7.11 Å². The lowest BCUT2D eigenvalue weighted by Gasteiger charge is -2.31. The summed E-state index contributed by atoms with van der Waals surface area (Å²) in [5, 5.41) is 0. The number of ether oxygens (including phenoxy) is 1. The van der Waals surface area contributed by atoms with E-state index in [0.717, 1.165) is 30.9 Å². The van der Waals surface area contributed by atoms with Gasteiger partial charge in [0.25, 0.3) is 0 Å². The second-order valence-electron chi connectivity index (χ2n) is 8.05. The third-order valence-corrected chi connectivity index (χ3v) is 5.11. The van der Waals surface area contributed by atoms with Crippen LogP contribution in [-0.4, -0.2) is 24.3 Å². The maximum atomic E-state index is 5.26. The van der Waals surface area contributed by atoms with Gasteiger partial charge in [0, 0.05) is 25.3 Å². The van der Waals surface area contributed by atoms with Crippen LogP contribution < -0.4 is 4.74 Å². The molecule has 0 spiro atoms. The predicted octanol–water partition coefficient (Wildman–Crippen LogP) is 6.51. The van der Waals surface area contributed by atoms with Gasteiger partial charge in [-0.15, -0.1) is 0 Å². The molecule has 0 fully saturated rings. The summed E-state index contributed by atoms with van der Waals surface area (Å²) in [5.74, 6) is 1.42. The highest BCUT2D eigenvalue weighted by Gasteiger charge is 2.19. The molecule has 0 saturated carbocycles. The van der Waals surface area contributed by atoms with E-state index in [2.05, 4.69) is 85.6 Å². The molecule has 0 aliphatic heterocycles. The van der Waals surface area contributed by atoms with Gasteiger partial charge in [0.2, 0.25) is 0 Å². The summed E-state index contributed by atoms with van der Waals surface area (Å²) >= 11 is 0. The summed E-state index contributed by atoms with van der Waals surface area (Å²) in [6, 6.07) is 29.5. The summed E-state index contributed by atoms with van der Waals surface area (Å²) < 4.78 is 5.26. The van der Waals surface area contributed by atoms with E-state index in [1.165, 1.54) is 11.1 Å². The molecule has 3 rings (SSSR count). The van der Waals surface area contributed by atoms with Crippen LogP contribution >= 0.6 is 0 Å². The highest BCUT2D eigenvalue weighted by molar-refractivity contribution is 5.69. The predicted molar refractivity (Wildman–Crippen MR) is 127 cm³/mol. The molecular weight excluding hydrogens is 368 g/mol. The molecule has 156 valence electrons. The van der Waals surface area contributed by atoms with Crippen molar-refractivity contribution in [1.29, 1.82) is 0 Å². The van der Waals surface area contributed by atoms with Crippen LogP contribution in [0.5, 0.6) is 5.75 Å². The number of benzene rings is 3. The van der Waals surface area contributed by atoms with Crippen LogP contribution in [0, 0.1) is 5.92 Å². The summed E-state index contributed by atoms with van der Waals surface area (Å²) in [4.78, 5) is 7.34. The van der Waals surface area contributed by atoms with Gasteiger partial charge in [0.1, 0.15) is 5.75 Å². The fourth-order valence-electron chi connectivity index (χ4n) is 3.55. The summed E-state index contributed by atoms with van der Waals surface area (Å²) in [5.41, 5.74) is 3.59. The van der Waals surface area contributed by atoms with E-state index in [4.69, 9.17) is 9.73 Å². The van der Waals surface area contributed by atoms with Crippen molar-refractivity contribution in [2.45, 2.75) is 39.4 Å². The molecule has 0 aliphatic carbocycles. The van der Waals surface area contributed by atoms with E-state index >= 15 is 0 Å². The fraction of sp³-hybridized carbons (Fsp3) is 0.296. The minimum absolute atomic E-state index is 0.243. The molecule has 3 aromatic rings. The Morgan fingerprint density at radius 2 is 1.33 bits per heavy atom. The summed E-state index contributed by atoms with van der Waals surface area (Å²) in [6.07, 6.45) is 3.17. The first-order valence-electron chi connectivity index (χ1n) is 10.6. The smallest absolute Gasteiger partial charge is 0.119 e. The maximum absolute atomic E-state index is 5.26. The highest BCUT2D eigenvalue weighted by Crippen LogP contribution is 2.21. The molecular formula is C27H32N2O. The molecule has 30 heavy (non-hydrogen) atoms. The minimum atomic E-state index is 0.243. The third-order valence-electron chi connectivity index (χ3n) is 5.11. The van der Waals surface area contributed by atoms with Crippen LogP contribution in [0.1, 0.15) is 31.4 Å². The van der Waals surface area contributed by atoms with Crippen molar-refractivity contribution in [2.75, 3.05) is 7.11 Å². The van der Waals surface area contributed by atoms with Gasteiger partial charge < -0.3 is 4.74 Å². The van der Waals surface area contributed by atoms with Gasteiger partial charge in [-0.2, -0.15) is 0 Å². The first kappa shape index (κ1) is 21.8. The zero-order valence-electron chi connectivity index (χ0n) is 18.2. The molecule has 0 radical (unpaired) electrons. The molecule has 0 heterocycles. The first-order chi connectivity index (χ1) is 14.6. The zero-order valence-corrected chi connectivity index (χ0v) is 18.2. The molecule has 0 N–H and O–H groups in total. The Balaban J connectivity index is 1.85. The van der Waals surface area contributed by atoms with Crippen molar-refractivity contribution in [2.24, 2.45) is 10.9 Å². The van der Waals surface area contributed by atoms with E-state index < -0.39 is 0 Å². The number of nitrogens with zero attached hydrogens (tertiary/aromatic N) is 2. The molecule has 0 aromatic heterocycles. The average molecular weight is 401 g/mol. The van der Waals surface area contributed by atoms with Crippen molar-refractivity contribution in [3.05, 3.63) is 96.1 Å². The van der Waals surface area contributed by atoms with E-state index in [9.17, 15) is 0 Å². The quantitative estimate of drug-likeness (QED) is 0.362. The summed E-state index contributed by atoms with van der Waals surface area (Å²) in [7, 11) is 1.68. The molecule has 3 aromatic carbocycles. The van der Waals surface area contributed by atoms with Gasteiger partial charge >= 0.3 is 0 Å². The van der Waals surface area contributed by atoms with Crippen molar-refractivity contribution in [3.8, 4) is 5.75 Å². The zero-order chi connectivity index (χ0) is 21.2. The van der Waals surface area contributed by atoms with Gasteiger partial charge in [0.05, 0.1) is 12.8 Å². The maximum Gasteiger partial charge on any atom is 0.119 e. The second-order valence-corrected chi connectivity index (χ2v) is 8.05. The van der Waals surface area contributed by atoms with Crippen molar-refractivity contribution in [3.63, 3.8) is 0 Å². The van der Waals surface area contributed by atoms with Crippen molar-refractivity contribution in [1.82, 2.24) is 4.90 Å². The van der Waals surface area contributed by atoms with Crippen molar-refractivity contribution < 1.29 is 4.74 Å². The van der Waals surface area contributed by atoms with E-state index in [-0.39, 0.29) is 6.04 Å². The third kappa shape index (κ3) is 6.85. The van der Waals surface area contributed by atoms with E-state index in [0.29, 0.717) is 5.92 Å². The first-order valence-corrected chi connectivity index (χ1v) is 10.6. The number of hydrogen-bond acceptors (Lipinski definition) is 3. The Morgan fingerprint density at radius 3 is 1.80 bits per heavy atom. The SMILES string of the molecule is COc1ccc(N=C[C@H](CC(C)C)N(Cc2ccccc2)Cc2ccccc2)cc1. The van der Waals surface area contributed by atoms with Gasteiger partial charge in [0.15, 0.2) is 0 Å². The number of aliphatic imine (C=N–C) groups is 1. The topological polar surface area (TPSA) is 24.8 Å². The fourth-order valence-corrected chi connectivity index (χ4v) is 3.55. The monoisotopic (exact) mass is 400 g/mol. The average Bonchev–Trinajstić information content (AvgIpc) is 2.78. The molecule has 1 atom stereocenters. The largest absolute Gasteiger partial charge is 0.497 e. The lowest BCUT2D eigenvalue weighted by Crippen LogP contribution is -2.36. The van der Waals surface area contributed by atoms with Gasteiger partial charge in [-0.25, -0.2) is 0 Å². The number of rotatable bonds is 10. The van der Waals surface area contributed by atoms with Crippen LogP contribution in [0.15, 0.2) is 89.9 Å². The van der Waals surface area contributed by atoms with Gasteiger partial charge in [-0.1, -0.05) is 74.5 Å². The Kier molecular flexibility index (Phi) is 8.22. The molecule has 0 unspecified atom stereocenters. The Morgan fingerprint density at radius 1 is 0.800 bits per heavy atom. The van der Waals surface area contributed by atoms with Crippen LogP contribution in [0.4, 0.5) is 5.69 Å². The van der Waals surface area contributed by atoms with Crippen LogP contribution in [-0.2, 0) is 13.1 Å². The highest BCUT2D eigenvalue weighted by atomic mass is 16.5. The molecule has 0 aliphatic rings. The normalized spacial score (nSPS) is 12.6. The van der Waals surface area contributed by atoms with Crippen LogP contribution in [0.2, 0.25) is 0 Å². The lowest BCUT2D eigenvalue weighted by atomic mass is 10.0. The van der Waals surface area contributed by atoms with Crippen LogP contribution in [0.3, 0.4) is 0 Å². The Bertz CT molecular complexity index is 848. The number of hydrogen-bond donors (Lipinski definition) is 0. The second kappa shape index (κ2) is 11.3. The number of methoxy groups -OCH3 is 1. The van der Waals surface area contributed by atoms with Crippen LogP contribution in [0.25, 0.3) is 0 Å². The molecule has 0 amide bonds. The molecule has 3 nitrogen and oxygen atoms in total. The lowest BCUT2D eigenvalue weighted by molar-refractivity contribution is 0.205. The Hall–Kier alpha value is -2.91. The minimum Gasteiger partial charge on any atom is -0.497 e. The summed E-state index contributed by atoms with van der Waals surface area (Å²) in [6.45, 7) is 6.33.